The summed E-state index contributed by atoms with van der Waals surface area (Å²) in [5.41, 5.74) is 0.513. The highest BCUT2D eigenvalue weighted by Gasteiger charge is 2.15. The van der Waals surface area contributed by atoms with Crippen LogP contribution in [0.25, 0.3) is 0 Å². The number of aromatic amines is 1. The minimum atomic E-state index is -0.159. The zero-order valence-electron chi connectivity index (χ0n) is 8.75. The number of aliphatic hydroxyl groups excluding tert-OH is 1. The Morgan fingerprint density at radius 2 is 2.33 bits per heavy atom. The summed E-state index contributed by atoms with van der Waals surface area (Å²) >= 11 is 3.26. The third-order valence-corrected chi connectivity index (χ3v) is 2.85. The Hall–Kier alpha value is -0.810. The van der Waals surface area contributed by atoms with E-state index in [-0.39, 0.29) is 24.5 Å². The summed E-state index contributed by atoms with van der Waals surface area (Å²) in [7, 11) is 0. The first kappa shape index (κ1) is 12.3. The number of hydrogen-bond donors (Lipinski definition) is 3. The number of halogens is 1. The third-order valence-electron chi connectivity index (χ3n) is 2.39. The van der Waals surface area contributed by atoms with Crippen LogP contribution in [0.1, 0.15) is 24.3 Å². The number of nitrogens with one attached hydrogen (secondary N) is 2. The molecule has 3 N–H and O–H groups in total. The van der Waals surface area contributed by atoms with E-state index in [9.17, 15) is 4.79 Å². The van der Waals surface area contributed by atoms with Gasteiger partial charge in [-0.2, -0.15) is 0 Å². The maximum Gasteiger partial charge on any atom is 0.267 e. The normalized spacial score (nSPS) is 14.7. The molecule has 0 aliphatic rings. The van der Waals surface area contributed by atoms with E-state index in [1.54, 1.807) is 12.3 Å². The first-order valence-electron chi connectivity index (χ1n) is 4.80. The number of aromatic nitrogens is 1. The molecule has 0 radical (unpaired) electrons. The van der Waals surface area contributed by atoms with Gasteiger partial charge in [0.1, 0.15) is 5.69 Å². The van der Waals surface area contributed by atoms with Crippen molar-refractivity contribution in [1.29, 1.82) is 0 Å². The molecular weight excluding hydrogens is 260 g/mol. The lowest BCUT2D eigenvalue weighted by Crippen LogP contribution is -2.38. The van der Waals surface area contributed by atoms with Crippen molar-refractivity contribution >= 4 is 21.8 Å². The molecule has 1 aromatic rings. The van der Waals surface area contributed by atoms with Gasteiger partial charge in [-0.3, -0.25) is 4.79 Å². The van der Waals surface area contributed by atoms with Gasteiger partial charge in [-0.1, -0.05) is 6.92 Å². The molecule has 0 aliphatic heterocycles. The van der Waals surface area contributed by atoms with Crippen molar-refractivity contribution < 1.29 is 9.90 Å². The summed E-state index contributed by atoms with van der Waals surface area (Å²) in [6.45, 7) is 3.82. The summed E-state index contributed by atoms with van der Waals surface area (Å²) in [4.78, 5) is 14.5. The van der Waals surface area contributed by atoms with E-state index in [1.165, 1.54) is 0 Å². The van der Waals surface area contributed by atoms with Gasteiger partial charge in [0.15, 0.2) is 0 Å². The van der Waals surface area contributed by atoms with Crippen LogP contribution < -0.4 is 5.32 Å². The van der Waals surface area contributed by atoms with Crippen molar-refractivity contribution in [2.75, 3.05) is 6.61 Å². The predicted octanol–water partition coefficient (Wildman–Crippen LogP) is 1.52. The largest absolute Gasteiger partial charge is 0.396 e. The first-order chi connectivity index (χ1) is 7.04. The first-order valence-corrected chi connectivity index (χ1v) is 5.59. The molecule has 0 spiro atoms. The molecule has 15 heavy (non-hydrogen) atoms. The average Bonchev–Trinajstić information content (AvgIpc) is 2.63. The van der Waals surface area contributed by atoms with Crippen molar-refractivity contribution in [2.24, 2.45) is 5.92 Å². The van der Waals surface area contributed by atoms with Gasteiger partial charge in [-0.15, -0.1) is 0 Å². The van der Waals surface area contributed by atoms with Crippen molar-refractivity contribution in [3.8, 4) is 0 Å². The van der Waals surface area contributed by atoms with Crippen molar-refractivity contribution in [3.05, 3.63) is 22.4 Å². The third kappa shape index (κ3) is 3.35. The van der Waals surface area contributed by atoms with Crippen LogP contribution in [0.5, 0.6) is 0 Å². The second-order valence-corrected chi connectivity index (χ2v) is 4.57. The molecule has 0 bridgehead atoms. The summed E-state index contributed by atoms with van der Waals surface area (Å²) in [6.07, 6.45) is 1.70. The van der Waals surface area contributed by atoms with Gasteiger partial charge in [0.05, 0.1) is 0 Å². The van der Waals surface area contributed by atoms with Gasteiger partial charge >= 0.3 is 0 Å². The Balaban J connectivity index is 2.56. The molecule has 1 amide bonds. The highest BCUT2D eigenvalue weighted by atomic mass is 79.9. The van der Waals surface area contributed by atoms with Crippen molar-refractivity contribution in [3.63, 3.8) is 0 Å². The molecule has 84 valence electrons. The quantitative estimate of drug-likeness (QED) is 0.780. The van der Waals surface area contributed by atoms with E-state index in [0.717, 1.165) is 4.47 Å². The summed E-state index contributed by atoms with van der Waals surface area (Å²) in [5.74, 6) is -0.110. The molecule has 0 saturated heterocycles. The SMILES string of the molecule is CC(CO)C(C)NC(=O)c1cc(Br)c[nH]1. The van der Waals surface area contributed by atoms with E-state index < -0.39 is 0 Å². The fourth-order valence-electron chi connectivity index (χ4n) is 1.08. The van der Waals surface area contributed by atoms with Crippen LogP contribution in [-0.2, 0) is 0 Å². The number of carbonyl (C=O) groups excluding carboxylic acids is 1. The van der Waals surface area contributed by atoms with E-state index in [4.69, 9.17) is 5.11 Å². The number of H-pyrrole nitrogens is 1. The van der Waals surface area contributed by atoms with Gasteiger partial charge in [-0.25, -0.2) is 0 Å². The lowest BCUT2D eigenvalue weighted by Gasteiger charge is -2.18. The van der Waals surface area contributed by atoms with Crippen LogP contribution in [0.3, 0.4) is 0 Å². The fourth-order valence-corrected chi connectivity index (χ4v) is 1.43. The minimum Gasteiger partial charge on any atom is -0.396 e. The molecule has 1 aromatic heterocycles. The number of rotatable bonds is 4. The zero-order chi connectivity index (χ0) is 11.4. The molecule has 1 heterocycles. The Bertz CT molecular complexity index is 338. The Morgan fingerprint density at radius 3 is 2.80 bits per heavy atom. The van der Waals surface area contributed by atoms with E-state index in [0.29, 0.717) is 5.69 Å². The number of aliphatic hydroxyl groups is 1. The molecule has 2 atom stereocenters. The maximum atomic E-state index is 11.6. The Morgan fingerprint density at radius 1 is 1.67 bits per heavy atom. The molecule has 0 aliphatic carbocycles. The van der Waals surface area contributed by atoms with E-state index >= 15 is 0 Å². The van der Waals surface area contributed by atoms with Crippen LogP contribution in [0.2, 0.25) is 0 Å². The van der Waals surface area contributed by atoms with Crippen molar-refractivity contribution in [2.45, 2.75) is 19.9 Å². The number of hydrogen-bond acceptors (Lipinski definition) is 2. The summed E-state index contributed by atoms with van der Waals surface area (Å²) in [6, 6.07) is 1.66. The van der Waals surface area contributed by atoms with E-state index in [2.05, 4.69) is 26.2 Å². The summed E-state index contributed by atoms with van der Waals surface area (Å²) in [5, 5.41) is 11.7. The van der Waals surface area contributed by atoms with Gasteiger partial charge < -0.3 is 15.4 Å². The molecule has 0 fully saturated rings. The second-order valence-electron chi connectivity index (χ2n) is 3.65. The number of amides is 1. The molecule has 5 heteroatoms. The van der Waals surface area contributed by atoms with Crippen LogP contribution in [-0.4, -0.2) is 28.6 Å². The predicted molar refractivity (Wildman–Crippen MR) is 61.7 cm³/mol. The molecule has 4 nitrogen and oxygen atoms in total. The molecule has 0 saturated carbocycles. The standard InChI is InChI=1S/C10H15BrN2O2/c1-6(5-14)7(2)13-10(15)9-3-8(11)4-12-9/h3-4,6-7,12,14H,5H2,1-2H3,(H,13,15). The van der Waals surface area contributed by atoms with Gasteiger partial charge in [0, 0.05) is 23.3 Å². The Labute approximate surface area is 97.2 Å². The lowest BCUT2D eigenvalue weighted by atomic mass is 10.1. The van der Waals surface area contributed by atoms with E-state index in [1.807, 2.05) is 13.8 Å². The second kappa shape index (κ2) is 5.32. The molecule has 0 aromatic carbocycles. The highest BCUT2D eigenvalue weighted by molar-refractivity contribution is 9.10. The molecule has 1 rings (SSSR count). The molecule has 2 unspecified atom stereocenters. The summed E-state index contributed by atoms with van der Waals surface area (Å²) < 4.78 is 0.843. The smallest absolute Gasteiger partial charge is 0.267 e. The van der Waals surface area contributed by atoms with Crippen LogP contribution in [0.4, 0.5) is 0 Å². The van der Waals surface area contributed by atoms with Crippen molar-refractivity contribution in [1.82, 2.24) is 10.3 Å². The Kier molecular flexibility index (Phi) is 4.35. The minimum absolute atomic E-state index is 0.0485. The van der Waals surface area contributed by atoms with Crippen LogP contribution in [0, 0.1) is 5.92 Å². The maximum absolute atomic E-state index is 11.6. The van der Waals surface area contributed by atoms with Crippen LogP contribution in [0.15, 0.2) is 16.7 Å². The van der Waals surface area contributed by atoms with Gasteiger partial charge in [-0.05, 0) is 34.8 Å². The zero-order valence-corrected chi connectivity index (χ0v) is 10.3. The average molecular weight is 275 g/mol. The fraction of sp³-hybridized carbons (Fsp3) is 0.500. The van der Waals surface area contributed by atoms with Gasteiger partial charge in [0.2, 0.25) is 0 Å². The highest BCUT2D eigenvalue weighted by Crippen LogP contribution is 2.11. The number of carbonyl (C=O) groups is 1. The molecular formula is C10H15BrN2O2. The lowest BCUT2D eigenvalue weighted by molar-refractivity contribution is 0.0912. The monoisotopic (exact) mass is 274 g/mol. The van der Waals surface area contributed by atoms with Gasteiger partial charge in [0.25, 0.3) is 5.91 Å². The topological polar surface area (TPSA) is 65.1 Å². The van der Waals surface area contributed by atoms with Crippen LogP contribution >= 0.6 is 15.9 Å².